The molecule has 0 saturated heterocycles. The Morgan fingerprint density at radius 1 is 1.25 bits per heavy atom. The molecule has 0 spiro atoms. The van der Waals surface area contributed by atoms with Gasteiger partial charge in [0.15, 0.2) is 5.78 Å². The number of ketones is 1. The van der Waals surface area contributed by atoms with Crippen LogP contribution in [0.3, 0.4) is 0 Å². The normalized spacial score (nSPS) is 11.9. The predicted octanol–water partition coefficient (Wildman–Crippen LogP) is -0.234. The Morgan fingerprint density at radius 3 is 2.44 bits per heavy atom. The fourth-order valence-electron chi connectivity index (χ4n) is 1.01. The molecule has 0 aliphatic carbocycles. The minimum absolute atomic E-state index is 0.339. The lowest BCUT2D eigenvalue weighted by atomic mass is 10.2. The zero-order valence-corrected chi connectivity index (χ0v) is 8.50. The highest BCUT2D eigenvalue weighted by molar-refractivity contribution is 5.90. The van der Waals surface area contributed by atoms with Gasteiger partial charge in [0.25, 0.3) is 0 Å². The van der Waals surface area contributed by atoms with Gasteiger partial charge in [-0.05, 0) is 12.1 Å². The van der Waals surface area contributed by atoms with E-state index in [1.165, 1.54) is 0 Å². The summed E-state index contributed by atoms with van der Waals surface area (Å²) < 4.78 is 4.69. The number of ether oxygens (including phenoxy) is 1. The highest BCUT2D eigenvalue weighted by atomic mass is 16.5. The van der Waals surface area contributed by atoms with Gasteiger partial charge in [0.2, 0.25) is 0 Å². The van der Waals surface area contributed by atoms with Crippen molar-refractivity contribution in [1.82, 2.24) is 0 Å². The Bertz CT molecular complexity index is 360. The van der Waals surface area contributed by atoms with Crippen molar-refractivity contribution in [2.24, 2.45) is 0 Å². The third-order valence-electron chi connectivity index (χ3n) is 1.91. The Balaban J connectivity index is 2.45. The third kappa shape index (κ3) is 3.45. The number of benzene rings is 1. The molecule has 1 atom stereocenters. The highest BCUT2D eigenvalue weighted by Gasteiger charge is 2.16. The number of carbonyl (C=O) groups is 2. The Kier molecular flexibility index (Phi) is 4.63. The maximum Gasteiger partial charge on any atom is 0.338 e. The van der Waals surface area contributed by atoms with Crippen LogP contribution in [-0.2, 0) is 9.53 Å². The van der Waals surface area contributed by atoms with Crippen molar-refractivity contribution in [1.29, 1.82) is 0 Å². The monoisotopic (exact) mass is 224 g/mol. The van der Waals surface area contributed by atoms with Crippen molar-refractivity contribution in [2.45, 2.75) is 6.10 Å². The van der Waals surface area contributed by atoms with Crippen molar-refractivity contribution in [3.05, 3.63) is 35.9 Å². The molecule has 1 unspecified atom stereocenters. The van der Waals surface area contributed by atoms with Crippen LogP contribution in [0, 0.1) is 0 Å². The molecule has 0 aliphatic rings. The summed E-state index contributed by atoms with van der Waals surface area (Å²) in [6, 6.07) is 8.21. The van der Waals surface area contributed by atoms with Crippen LogP contribution in [0.2, 0.25) is 0 Å². The Labute approximate surface area is 92.3 Å². The molecule has 5 heteroatoms. The van der Waals surface area contributed by atoms with E-state index in [1.807, 2.05) is 0 Å². The summed E-state index contributed by atoms with van der Waals surface area (Å²) in [5.74, 6) is -1.40. The van der Waals surface area contributed by atoms with Gasteiger partial charge in [-0.25, -0.2) is 4.79 Å². The first kappa shape index (κ1) is 12.4. The smallest absolute Gasteiger partial charge is 0.338 e. The molecule has 0 aromatic heterocycles. The summed E-state index contributed by atoms with van der Waals surface area (Å²) in [4.78, 5) is 22.1. The van der Waals surface area contributed by atoms with E-state index in [4.69, 9.17) is 14.9 Å². The number of hydrogen-bond acceptors (Lipinski definition) is 5. The first-order valence-electron chi connectivity index (χ1n) is 4.69. The maximum atomic E-state index is 11.4. The van der Waals surface area contributed by atoms with Crippen molar-refractivity contribution < 1.29 is 24.5 Å². The largest absolute Gasteiger partial charge is 0.459 e. The summed E-state index contributed by atoms with van der Waals surface area (Å²) in [7, 11) is 0. The van der Waals surface area contributed by atoms with Crippen LogP contribution < -0.4 is 0 Å². The lowest BCUT2D eigenvalue weighted by Gasteiger charge is -2.08. The molecule has 86 valence electrons. The summed E-state index contributed by atoms with van der Waals surface area (Å²) in [5, 5.41) is 17.6. The fourth-order valence-corrected chi connectivity index (χ4v) is 1.01. The molecule has 0 saturated carbocycles. The van der Waals surface area contributed by atoms with Crippen molar-refractivity contribution in [2.75, 3.05) is 13.2 Å². The van der Waals surface area contributed by atoms with Crippen LogP contribution >= 0.6 is 0 Å². The third-order valence-corrected chi connectivity index (χ3v) is 1.91. The summed E-state index contributed by atoms with van der Waals surface area (Å²) in [5.41, 5.74) is 0.339. The Hall–Kier alpha value is -1.72. The summed E-state index contributed by atoms with van der Waals surface area (Å²) in [6.07, 6.45) is -1.47. The molecular formula is C11H12O5. The lowest BCUT2D eigenvalue weighted by molar-refractivity contribution is -0.131. The topological polar surface area (TPSA) is 83.8 Å². The molecule has 0 amide bonds. The van der Waals surface area contributed by atoms with E-state index in [2.05, 4.69) is 0 Å². The average Bonchev–Trinajstić information content (AvgIpc) is 2.35. The van der Waals surface area contributed by atoms with E-state index in [-0.39, 0.29) is 0 Å². The van der Waals surface area contributed by atoms with Gasteiger partial charge in [-0.2, -0.15) is 0 Å². The molecule has 0 bridgehead atoms. The first-order valence-corrected chi connectivity index (χ1v) is 4.69. The molecule has 0 aliphatic heterocycles. The van der Waals surface area contributed by atoms with E-state index in [9.17, 15) is 9.59 Å². The molecule has 1 aromatic carbocycles. The minimum Gasteiger partial charge on any atom is -0.459 e. The van der Waals surface area contributed by atoms with E-state index >= 15 is 0 Å². The van der Waals surface area contributed by atoms with E-state index in [0.717, 1.165) is 0 Å². The molecule has 5 nitrogen and oxygen atoms in total. The molecule has 1 aromatic rings. The molecule has 2 N–H and O–H groups in total. The molecular weight excluding hydrogens is 212 g/mol. The van der Waals surface area contributed by atoms with E-state index in [1.54, 1.807) is 30.3 Å². The summed E-state index contributed by atoms with van der Waals surface area (Å²) in [6.45, 7) is -1.23. The Morgan fingerprint density at radius 2 is 1.88 bits per heavy atom. The van der Waals surface area contributed by atoms with Crippen LogP contribution in [0.4, 0.5) is 0 Å². The van der Waals surface area contributed by atoms with E-state index < -0.39 is 31.1 Å². The van der Waals surface area contributed by atoms with Gasteiger partial charge in [0.05, 0.1) is 5.56 Å². The quantitative estimate of drug-likeness (QED) is 0.675. The second kappa shape index (κ2) is 5.99. The first-order chi connectivity index (χ1) is 7.65. The second-order valence-corrected chi connectivity index (χ2v) is 3.10. The van der Waals surface area contributed by atoms with Crippen LogP contribution in [0.15, 0.2) is 30.3 Å². The lowest BCUT2D eigenvalue weighted by Crippen LogP contribution is -2.29. The van der Waals surface area contributed by atoms with Gasteiger partial charge < -0.3 is 14.9 Å². The number of Topliss-reactive ketones (excluding diaryl/α,β-unsaturated/α-hetero) is 1. The molecule has 0 heterocycles. The fraction of sp³-hybridized carbons (Fsp3) is 0.273. The number of rotatable bonds is 5. The minimum atomic E-state index is -1.47. The van der Waals surface area contributed by atoms with Crippen molar-refractivity contribution in [3.63, 3.8) is 0 Å². The zero-order valence-electron chi connectivity index (χ0n) is 8.50. The van der Waals surface area contributed by atoms with Crippen LogP contribution in [0.5, 0.6) is 0 Å². The van der Waals surface area contributed by atoms with Gasteiger partial charge in [0, 0.05) is 0 Å². The van der Waals surface area contributed by atoms with Crippen LogP contribution in [0.25, 0.3) is 0 Å². The number of hydrogen-bond donors (Lipinski definition) is 2. The van der Waals surface area contributed by atoms with Crippen LogP contribution in [0.1, 0.15) is 10.4 Å². The predicted molar refractivity (Wildman–Crippen MR) is 54.8 cm³/mol. The van der Waals surface area contributed by atoms with Gasteiger partial charge in [-0.1, -0.05) is 18.2 Å². The molecule has 1 rings (SSSR count). The molecule has 0 fully saturated rings. The second-order valence-electron chi connectivity index (χ2n) is 3.10. The number of aliphatic hydroxyl groups is 2. The van der Waals surface area contributed by atoms with Crippen molar-refractivity contribution in [3.8, 4) is 0 Å². The SMILES string of the molecule is O=C(OCC(O)C(=O)CO)c1ccccc1. The van der Waals surface area contributed by atoms with Gasteiger partial charge in [-0.15, -0.1) is 0 Å². The van der Waals surface area contributed by atoms with E-state index in [0.29, 0.717) is 5.56 Å². The maximum absolute atomic E-state index is 11.4. The van der Waals surface area contributed by atoms with Crippen molar-refractivity contribution >= 4 is 11.8 Å². The van der Waals surface area contributed by atoms with Gasteiger partial charge in [0.1, 0.15) is 19.3 Å². The number of esters is 1. The van der Waals surface area contributed by atoms with Crippen LogP contribution in [-0.4, -0.2) is 41.3 Å². The summed E-state index contributed by atoms with van der Waals surface area (Å²) >= 11 is 0. The standard InChI is InChI=1S/C11H12O5/c12-6-9(13)10(14)7-16-11(15)8-4-2-1-3-5-8/h1-5,10,12,14H,6-7H2. The molecule has 0 radical (unpaired) electrons. The average molecular weight is 224 g/mol. The number of carbonyl (C=O) groups excluding carboxylic acids is 2. The number of aliphatic hydroxyl groups excluding tert-OH is 2. The zero-order chi connectivity index (χ0) is 12.0. The molecule has 16 heavy (non-hydrogen) atoms. The van der Waals surface area contributed by atoms with Gasteiger partial charge in [-0.3, -0.25) is 4.79 Å². The van der Waals surface area contributed by atoms with Gasteiger partial charge >= 0.3 is 5.97 Å². The highest BCUT2D eigenvalue weighted by Crippen LogP contribution is 2.01.